The van der Waals surface area contributed by atoms with Crippen LogP contribution in [0.4, 0.5) is 0 Å². The summed E-state index contributed by atoms with van der Waals surface area (Å²) in [4.78, 5) is 29.1. The molecule has 4 heteroatoms. The Balaban J connectivity index is 1.52. The largest absolute Gasteiger partial charge is 0.337 e. The molecule has 0 aromatic carbocycles. The third kappa shape index (κ3) is 3.39. The van der Waals surface area contributed by atoms with E-state index in [0.29, 0.717) is 23.0 Å². The average Bonchev–Trinajstić information content (AvgIpc) is 3.03. The summed E-state index contributed by atoms with van der Waals surface area (Å²) in [7, 11) is 0. The van der Waals surface area contributed by atoms with Gasteiger partial charge < -0.3 is 4.84 Å². The summed E-state index contributed by atoms with van der Waals surface area (Å²) < 4.78 is 0. The van der Waals surface area contributed by atoms with Crippen LogP contribution in [0.25, 0.3) is 0 Å². The highest BCUT2D eigenvalue weighted by Crippen LogP contribution is 2.67. The van der Waals surface area contributed by atoms with E-state index in [1.807, 2.05) is 13.8 Å². The van der Waals surface area contributed by atoms with Crippen LogP contribution in [0, 0.1) is 46.3 Å². The van der Waals surface area contributed by atoms with Gasteiger partial charge in [-0.05, 0) is 86.4 Å². The molecule has 0 aliphatic heterocycles. The molecule has 4 saturated carbocycles. The van der Waals surface area contributed by atoms with Gasteiger partial charge in [-0.15, -0.1) is 0 Å². The zero-order valence-electron chi connectivity index (χ0n) is 19.0. The van der Waals surface area contributed by atoms with E-state index in [-0.39, 0.29) is 17.3 Å². The number of nitrogens with zero attached hydrogens (tertiary/aromatic N) is 1. The monoisotopic (exact) mass is 401 g/mol. The first-order valence-electron chi connectivity index (χ1n) is 11.9. The molecule has 0 aromatic heterocycles. The number of hydrogen-bond acceptors (Lipinski definition) is 4. The SMILES string of the molecule is C/C(=N\OC(=O)C(C)C)[C@H]1CC[C@H]2[C@@H]3CC[C@@H]4CC(=O)CC[C@]4(C)[C@H]3CC[C@]12C. The Kier molecular flexibility index (Phi) is 5.44. The molecule has 0 heterocycles. The van der Waals surface area contributed by atoms with Crippen LogP contribution in [0.1, 0.15) is 92.4 Å². The van der Waals surface area contributed by atoms with Gasteiger partial charge in [0.25, 0.3) is 0 Å². The number of oxime groups is 1. The molecular formula is C25H39NO3. The fraction of sp³-hybridized carbons (Fsp3) is 0.880. The zero-order chi connectivity index (χ0) is 21.0. The number of ketones is 1. The Morgan fingerprint density at radius 3 is 2.48 bits per heavy atom. The number of rotatable bonds is 3. The molecule has 0 bridgehead atoms. The smallest absolute Gasteiger partial charge is 0.318 e. The van der Waals surface area contributed by atoms with Gasteiger partial charge in [-0.3, -0.25) is 4.79 Å². The third-order valence-electron chi connectivity index (χ3n) is 9.74. The minimum absolute atomic E-state index is 0.146. The van der Waals surface area contributed by atoms with Gasteiger partial charge in [0.15, 0.2) is 0 Å². The first-order valence-corrected chi connectivity index (χ1v) is 11.9. The van der Waals surface area contributed by atoms with Gasteiger partial charge in [0, 0.05) is 18.8 Å². The lowest BCUT2D eigenvalue weighted by atomic mass is 9.44. The summed E-state index contributed by atoms with van der Waals surface area (Å²) in [6.07, 6.45) is 10.2. The molecule has 7 atom stereocenters. The molecule has 0 radical (unpaired) electrons. The predicted octanol–water partition coefficient (Wildman–Crippen LogP) is 5.79. The molecule has 4 fully saturated rings. The highest BCUT2D eigenvalue weighted by atomic mass is 16.7. The van der Waals surface area contributed by atoms with Gasteiger partial charge in [0.05, 0.1) is 11.6 Å². The van der Waals surface area contributed by atoms with Crippen LogP contribution < -0.4 is 0 Å². The normalized spacial score (nSPS) is 44.8. The van der Waals surface area contributed by atoms with Crippen molar-refractivity contribution in [2.24, 2.45) is 51.5 Å². The maximum atomic E-state index is 12.1. The van der Waals surface area contributed by atoms with Crippen molar-refractivity contribution in [3.63, 3.8) is 0 Å². The second-order valence-electron chi connectivity index (χ2n) is 11.4. The summed E-state index contributed by atoms with van der Waals surface area (Å²) >= 11 is 0. The first kappa shape index (κ1) is 21.1. The molecule has 0 amide bonds. The number of carbonyl (C=O) groups is 2. The van der Waals surface area contributed by atoms with E-state index in [2.05, 4.69) is 25.9 Å². The molecule has 4 nitrogen and oxygen atoms in total. The maximum absolute atomic E-state index is 12.1. The third-order valence-corrected chi connectivity index (χ3v) is 9.74. The second-order valence-corrected chi connectivity index (χ2v) is 11.4. The lowest BCUT2D eigenvalue weighted by molar-refractivity contribution is -0.147. The van der Waals surface area contributed by atoms with E-state index < -0.39 is 0 Å². The number of fused-ring (bicyclic) bond motifs is 5. The molecule has 29 heavy (non-hydrogen) atoms. The Bertz CT molecular complexity index is 713. The number of Topliss-reactive ketones (excluding diaryl/α,β-unsaturated/α-hetero) is 1. The van der Waals surface area contributed by atoms with E-state index in [1.54, 1.807) is 0 Å². The number of carbonyl (C=O) groups excluding carboxylic acids is 2. The Morgan fingerprint density at radius 1 is 1.03 bits per heavy atom. The van der Waals surface area contributed by atoms with Crippen LogP contribution in [0.2, 0.25) is 0 Å². The second kappa shape index (κ2) is 7.50. The van der Waals surface area contributed by atoms with Crippen molar-refractivity contribution in [3.05, 3.63) is 0 Å². The van der Waals surface area contributed by atoms with Crippen LogP contribution in [0.3, 0.4) is 0 Å². The fourth-order valence-electron chi connectivity index (χ4n) is 8.02. The van der Waals surface area contributed by atoms with Crippen LogP contribution in [0.15, 0.2) is 5.16 Å². The maximum Gasteiger partial charge on any atom is 0.337 e. The van der Waals surface area contributed by atoms with E-state index in [0.717, 1.165) is 49.1 Å². The van der Waals surface area contributed by atoms with Crippen molar-refractivity contribution in [1.29, 1.82) is 0 Å². The summed E-state index contributed by atoms with van der Waals surface area (Å²) in [5.41, 5.74) is 1.64. The minimum Gasteiger partial charge on any atom is -0.318 e. The molecule has 0 unspecified atom stereocenters. The Hall–Kier alpha value is -1.19. The lowest BCUT2D eigenvalue weighted by Crippen LogP contribution is -2.53. The molecule has 4 rings (SSSR count). The topological polar surface area (TPSA) is 55.7 Å². The summed E-state index contributed by atoms with van der Waals surface area (Å²) in [5, 5.41) is 4.28. The standard InChI is InChI=1S/C25H39NO3/c1-15(2)23(28)29-26-16(3)20-8-9-21-19-7-6-17-14-18(27)10-12-24(17,4)22(19)11-13-25(20,21)5/h15,17,19-22H,6-14H2,1-5H3/b26-16+/t17-,19+,20-,21+,22+,24+,25-/m1/s1. The molecular weight excluding hydrogens is 362 g/mol. The van der Waals surface area contributed by atoms with E-state index in [4.69, 9.17) is 4.84 Å². The van der Waals surface area contributed by atoms with Gasteiger partial charge >= 0.3 is 5.97 Å². The molecule has 4 aliphatic rings. The van der Waals surface area contributed by atoms with Crippen molar-refractivity contribution in [2.45, 2.75) is 92.4 Å². The molecule has 0 spiro atoms. The van der Waals surface area contributed by atoms with Gasteiger partial charge in [0.2, 0.25) is 0 Å². The van der Waals surface area contributed by atoms with E-state index >= 15 is 0 Å². The molecule has 0 N–H and O–H groups in total. The van der Waals surface area contributed by atoms with Gasteiger partial charge in [0.1, 0.15) is 5.78 Å². The summed E-state index contributed by atoms with van der Waals surface area (Å²) in [6.45, 7) is 10.7. The van der Waals surface area contributed by atoms with Crippen molar-refractivity contribution >= 4 is 17.5 Å². The quantitative estimate of drug-likeness (QED) is 0.342. The minimum atomic E-state index is -0.245. The van der Waals surface area contributed by atoms with E-state index in [1.165, 1.54) is 32.1 Å². The van der Waals surface area contributed by atoms with Crippen molar-refractivity contribution in [3.8, 4) is 0 Å². The van der Waals surface area contributed by atoms with Gasteiger partial charge in [-0.2, -0.15) is 0 Å². The summed E-state index contributed by atoms with van der Waals surface area (Å²) in [5.74, 6) is 3.46. The highest BCUT2D eigenvalue weighted by Gasteiger charge is 2.60. The average molecular weight is 402 g/mol. The van der Waals surface area contributed by atoms with Gasteiger partial charge in [-0.25, -0.2) is 4.79 Å². The van der Waals surface area contributed by atoms with Crippen molar-refractivity contribution < 1.29 is 14.4 Å². The van der Waals surface area contributed by atoms with Crippen LogP contribution >= 0.6 is 0 Å². The predicted molar refractivity (Wildman–Crippen MR) is 114 cm³/mol. The first-order chi connectivity index (χ1) is 13.7. The van der Waals surface area contributed by atoms with Crippen LogP contribution in [-0.2, 0) is 14.4 Å². The zero-order valence-corrected chi connectivity index (χ0v) is 19.0. The summed E-state index contributed by atoms with van der Waals surface area (Å²) in [6, 6.07) is 0. The molecule has 162 valence electrons. The molecule has 0 aromatic rings. The van der Waals surface area contributed by atoms with Gasteiger partial charge in [-0.1, -0.05) is 32.9 Å². The van der Waals surface area contributed by atoms with Crippen LogP contribution in [0.5, 0.6) is 0 Å². The lowest BCUT2D eigenvalue weighted by Gasteiger charge is -2.60. The van der Waals surface area contributed by atoms with Crippen LogP contribution in [-0.4, -0.2) is 17.5 Å². The Labute approximate surface area is 176 Å². The molecule has 4 aliphatic carbocycles. The van der Waals surface area contributed by atoms with Crippen molar-refractivity contribution in [2.75, 3.05) is 0 Å². The fourth-order valence-corrected chi connectivity index (χ4v) is 8.02. The highest BCUT2D eigenvalue weighted by molar-refractivity contribution is 5.86. The molecule has 0 saturated heterocycles. The van der Waals surface area contributed by atoms with Crippen molar-refractivity contribution in [1.82, 2.24) is 0 Å². The van der Waals surface area contributed by atoms with E-state index in [9.17, 15) is 9.59 Å². The Morgan fingerprint density at radius 2 is 1.76 bits per heavy atom. The number of hydrogen-bond donors (Lipinski definition) is 0.